The molecular formula is C15H12. The van der Waals surface area contributed by atoms with Gasteiger partial charge in [0.05, 0.1) is 0 Å². The topological polar surface area (TPSA) is 0 Å². The molecule has 0 aromatic carbocycles. The molecule has 0 aromatic rings. The molecule has 0 heteroatoms. The highest BCUT2D eigenvalue weighted by Crippen LogP contribution is 1.85. The summed E-state index contributed by atoms with van der Waals surface area (Å²) in [5.74, 6) is 0. The Hall–Kier alpha value is -2.22. The van der Waals surface area contributed by atoms with Gasteiger partial charge in [-0.15, -0.1) is 0 Å². The minimum Gasteiger partial charge on any atom is -0.0623 e. The first-order valence-electron chi connectivity index (χ1n) is 4.74. The quantitative estimate of drug-likeness (QED) is 0.512. The van der Waals surface area contributed by atoms with E-state index in [0.717, 1.165) is 0 Å². The summed E-state index contributed by atoms with van der Waals surface area (Å²) in [6.45, 7) is 0. The van der Waals surface area contributed by atoms with Gasteiger partial charge in [-0.3, -0.25) is 0 Å². The maximum absolute atomic E-state index is 2.85. The molecule has 1 aliphatic carbocycles. The molecule has 0 aliphatic heterocycles. The molecule has 0 fully saturated rings. The van der Waals surface area contributed by atoms with Crippen molar-refractivity contribution in [2.24, 2.45) is 0 Å². The molecule has 0 nitrogen and oxygen atoms in total. The minimum absolute atomic E-state index is 1.79. The van der Waals surface area contributed by atoms with Crippen LogP contribution in [0.25, 0.3) is 0 Å². The maximum Gasteiger partial charge on any atom is -0.0109 e. The van der Waals surface area contributed by atoms with Crippen LogP contribution in [0.5, 0.6) is 0 Å². The summed E-state index contributed by atoms with van der Waals surface area (Å²) in [5, 5.41) is 0. The summed E-state index contributed by atoms with van der Waals surface area (Å²) in [7, 11) is 0. The fourth-order valence-electron chi connectivity index (χ4n) is 0.846. The van der Waals surface area contributed by atoms with E-state index in [1.54, 1.807) is 12.2 Å². The number of rotatable bonds is 0. The van der Waals surface area contributed by atoms with Crippen molar-refractivity contribution in [3.63, 3.8) is 0 Å². The van der Waals surface area contributed by atoms with Crippen LogP contribution in [0.15, 0.2) is 90.1 Å². The van der Waals surface area contributed by atoms with Crippen LogP contribution in [0.3, 0.4) is 0 Å². The molecule has 72 valence electrons. The second-order valence-corrected chi connectivity index (χ2v) is 2.67. The molecular weight excluding hydrogens is 180 g/mol. The van der Waals surface area contributed by atoms with Crippen LogP contribution >= 0.6 is 0 Å². The van der Waals surface area contributed by atoms with E-state index >= 15 is 0 Å². The SMILES string of the molecule is C1=C=CC=CC=CC=CC=CC=CC=C=1. The third-order valence-corrected chi connectivity index (χ3v) is 1.50. The van der Waals surface area contributed by atoms with E-state index in [0.29, 0.717) is 0 Å². The Morgan fingerprint density at radius 1 is 0.400 bits per heavy atom. The second-order valence-electron chi connectivity index (χ2n) is 2.67. The van der Waals surface area contributed by atoms with Crippen LogP contribution in [0, 0.1) is 0 Å². The third kappa shape index (κ3) is 6.90. The molecule has 0 amide bonds. The number of hydrogen-bond acceptors (Lipinski definition) is 0. The summed E-state index contributed by atoms with van der Waals surface area (Å²) in [5.41, 5.74) is 8.47. The largest absolute Gasteiger partial charge is 0.0623 e. The highest BCUT2D eigenvalue weighted by Gasteiger charge is 1.63. The Morgan fingerprint density at radius 3 is 1.13 bits per heavy atom. The Labute approximate surface area is 90.6 Å². The summed E-state index contributed by atoms with van der Waals surface area (Å²) in [6.07, 6.45) is 23.0. The van der Waals surface area contributed by atoms with Gasteiger partial charge >= 0.3 is 0 Å². The number of hydrogen-bond donors (Lipinski definition) is 0. The molecule has 0 aromatic heterocycles. The van der Waals surface area contributed by atoms with Gasteiger partial charge in [0, 0.05) is 0 Å². The second kappa shape index (κ2) is 8.38. The molecule has 0 bridgehead atoms. The van der Waals surface area contributed by atoms with Crippen molar-refractivity contribution in [3.05, 3.63) is 90.1 Å². The molecule has 0 saturated heterocycles. The summed E-state index contributed by atoms with van der Waals surface area (Å²) >= 11 is 0. The fourth-order valence-corrected chi connectivity index (χ4v) is 0.846. The van der Waals surface area contributed by atoms with Crippen LogP contribution in [0.1, 0.15) is 0 Å². The van der Waals surface area contributed by atoms with Crippen molar-refractivity contribution in [2.45, 2.75) is 0 Å². The highest BCUT2D eigenvalue weighted by atomic mass is 13.7. The Balaban J connectivity index is 2.89. The fraction of sp³-hybridized carbons (Fsp3) is 0. The predicted molar refractivity (Wildman–Crippen MR) is 65.4 cm³/mol. The monoisotopic (exact) mass is 192 g/mol. The van der Waals surface area contributed by atoms with E-state index in [1.165, 1.54) is 0 Å². The zero-order chi connectivity index (χ0) is 10.6. The van der Waals surface area contributed by atoms with Crippen molar-refractivity contribution < 1.29 is 0 Å². The molecule has 0 spiro atoms. The normalized spacial score (nSPS) is 14.4. The van der Waals surface area contributed by atoms with Gasteiger partial charge in [0.25, 0.3) is 0 Å². The smallest absolute Gasteiger partial charge is 0.0109 e. The first-order valence-corrected chi connectivity index (χ1v) is 4.74. The van der Waals surface area contributed by atoms with Gasteiger partial charge in [0.15, 0.2) is 0 Å². The third-order valence-electron chi connectivity index (χ3n) is 1.50. The van der Waals surface area contributed by atoms with Crippen molar-refractivity contribution in [1.29, 1.82) is 0 Å². The van der Waals surface area contributed by atoms with E-state index in [-0.39, 0.29) is 0 Å². The van der Waals surface area contributed by atoms with Gasteiger partial charge in [-0.2, -0.15) is 0 Å². The average Bonchev–Trinajstić information content (AvgIpc) is 2.27. The van der Waals surface area contributed by atoms with E-state index in [2.05, 4.69) is 17.2 Å². The van der Waals surface area contributed by atoms with Gasteiger partial charge in [0.2, 0.25) is 0 Å². The summed E-state index contributed by atoms with van der Waals surface area (Å²) < 4.78 is 0. The Kier molecular flexibility index (Phi) is 6.07. The van der Waals surface area contributed by atoms with Crippen LogP contribution in [0.2, 0.25) is 0 Å². The van der Waals surface area contributed by atoms with Crippen molar-refractivity contribution in [2.75, 3.05) is 0 Å². The Morgan fingerprint density at radius 2 is 0.733 bits per heavy atom. The summed E-state index contributed by atoms with van der Waals surface area (Å²) in [4.78, 5) is 0. The van der Waals surface area contributed by atoms with Crippen LogP contribution in [-0.2, 0) is 0 Å². The van der Waals surface area contributed by atoms with Gasteiger partial charge in [0.1, 0.15) is 0 Å². The van der Waals surface area contributed by atoms with Crippen LogP contribution in [0.4, 0.5) is 0 Å². The first-order chi connectivity index (χ1) is 7.50. The number of allylic oxidation sites excluding steroid dienone is 12. The first kappa shape index (κ1) is 10.9. The van der Waals surface area contributed by atoms with E-state index < -0.39 is 0 Å². The Bertz CT molecular complexity index is 406. The molecule has 0 saturated carbocycles. The summed E-state index contributed by atoms with van der Waals surface area (Å²) in [6, 6.07) is 0. The highest BCUT2D eigenvalue weighted by molar-refractivity contribution is 5.20. The van der Waals surface area contributed by atoms with Crippen molar-refractivity contribution in [1.82, 2.24) is 0 Å². The average molecular weight is 192 g/mol. The zero-order valence-corrected chi connectivity index (χ0v) is 8.43. The molecule has 1 rings (SSSR count). The molecule has 15 heavy (non-hydrogen) atoms. The lowest BCUT2D eigenvalue weighted by atomic mass is 10.3. The van der Waals surface area contributed by atoms with Gasteiger partial charge in [-0.1, -0.05) is 72.2 Å². The van der Waals surface area contributed by atoms with E-state index in [4.69, 9.17) is 0 Å². The van der Waals surface area contributed by atoms with Crippen molar-refractivity contribution >= 4 is 0 Å². The lowest BCUT2D eigenvalue weighted by molar-refractivity contribution is 1.84. The maximum atomic E-state index is 2.85. The molecule has 0 radical (unpaired) electrons. The molecule has 0 heterocycles. The minimum atomic E-state index is 1.79. The zero-order valence-electron chi connectivity index (χ0n) is 8.43. The van der Waals surface area contributed by atoms with Crippen molar-refractivity contribution in [3.8, 4) is 0 Å². The van der Waals surface area contributed by atoms with Crippen LogP contribution in [-0.4, -0.2) is 0 Å². The lowest BCUT2D eigenvalue weighted by Gasteiger charge is -1.73. The molecule has 0 N–H and O–H groups in total. The van der Waals surface area contributed by atoms with Gasteiger partial charge < -0.3 is 0 Å². The van der Waals surface area contributed by atoms with Gasteiger partial charge in [-0.05, 0) is 17.9 Å². The lowest BCUT2D eigenvalue weighted by Crippen LogP contribution is -1.51. The van der Waals surface area contributed by atoms with E-state index in [9.17, 15) is 0 Å². The molecule has 0 atom stereocenters. The predicted octanol–water partition coefficient (Wildman–Crippen LogP) is 3.80. The van der Waals surface area contributed by atoms with Crippen LogP contribution < -0.4 is 0 Å². The van der Waals surface area contributed by atoms with Gasteiger partial charge in [-0.25, -0.2) is 0 Å². The molecule has 0 unspecified atom stereocenters. The standard InChI is InChI=1S/C15H12/c1-2-4-6-8-10-12-14-15-13-11-9-7-5-3-1/h1-12H. The van der Waals surface area contributed by atoms with E-state index in [1.807, 2.05) is 60.8 Å². The molecule has 1 aliphatic rings.